The minimum atomic E-state index is -0.910. The largest absolute Gasteiger partial charge is 0.443 e. The van der Waals surface area contributed by atoms with Crippen LogP contribution in [-0.2, 0) is 17.6 Å². The molecule has 1 aliphatic carbocycles. The highest BCUT2D eigenvalue weighted by Gasteiger charge is 2.39. The molecule has 2 aromatic carbocycles. The zero-order chi connectivity index (χ0) is 21.7. The van der Waals surface area contributed by atoms with E-state index in [1.165, 1.54) is 11.1 Å². The summed E-state index contributed by atoms with van der Waals surface area (Å²) in [5.74, 6) is 0. The lowest BCUT2D eigenvalue weighted by molar-refractivity contribution is -0.0385. The molecule has 0 bridgehead atoms. The number of fused-ring (bicyclic) bond motifs is 1. The van der Waals surface area contributed by atoms with Crippen LogP contribution >= 0.6 is 0 Å². The van der Waals surface area contributed by atoms with E-state index < -0.39 is 18.3 Å². The number of rotatable bonds is 7. The summed E-state index contributed by atoms with van der Waals surface area (Å²) in [4.78, 5) is 11.6. The van der Waals surface area contributed by atoms with Gasteiger partial charge in [-0.1, -0.05) is 75.4 Å². The molecule has 0 aromatic heterocycles. The third-order valence-corrected chi connectivity index (χ3v) is 5.95. The van der Waals surface area contributed by atoms with Crippen molar-refractivity contribution in [2.75, 3.05) is 0 Å². The molecule has 0 saturated carbocycles. The Labute approximate surface area is 179 Å². The Morgan fingerprint density at radius 2 is 1.83 bits per heavy atom. The summed E-state index contributed by atoms with van der Waals surface area (Å²) in [6, 6.07) is 18.1. The first-order valence-corrected chi connectivity index (χ1v) is 10.8. The van der Waals surface area contributed by atoms with E-state index in [-0.39, 0.29) is 17.5 Å². The maximum Gasteiger partial charge on any atom is 0.404 e. The van der Waals surface area contributed by atoms with Crippen molar-refractivity contribution in [3.8, 4) is 0 Å². The van der Waals surface area contributed by atoms with Crippen molar-refractivity contribution < 1.29 is 14.6 Å². The molecule has 0 heterocycles. The Balaban J connectivity index is 1.85. The maximum atomic E-state index is 11.6. The summed E-state index contributed by atoms with van der Waals surface area (Å²) >= 11 is 0. The number of ether oxygens (including phenoxy) is 1. The second-order valence-electron chi connectivity index (χ2n) is 9.31. The van der Waals surface area contributed by atoms with Crippen LogP contribution in [0.15, 0.2) is 54.6 Å². The monoisotopic (exact) mass is 410 g/mol. The molecule has 30 heavy (non-hydrogen) atoms. The van der Waals surface area contributed by atoms with E-state index in [2.05, 4.69) is 50.4 Å². The Morgan fingerprint density at radius 3 is 2.50 bits per heavy atom. The van der Waals surface area contributed by atoms with E-state index in [1.54, 1.807) is 0 Å². The zero-order valence-electron chi connectivity index (χ0n) is 18.2. The number of aliphatic hydroxyl groups is 1. The molecular formula is C25H34N2O3. The van der Waals surface area contributed by atoms with Crippen molar-refractivity contribution >= 4 is 6.09 Å². The topological polar surface area (TPSA) is 84.6 Å². The minimum absolute atomic E-state index is 0.153. The molecule has 2 unspecified atom stereocenters. The van der Waals surface area contributed by atoms with Crippen molar-refractivity contribution in [1.29, 1.82) is 0 Å². The van der Waals surface area contributed by atoms with E-state index in [9.17, 15) is 9.90 Å². The van der Waals surface area contributed by atoms with E-state index in [0.717, 1.165) is 24.8 Å². The van der Waals surface area contributed by atoms with Gasteiger partial charge in [-0.2, -0.15) is 0 Å². The average Bonchev–Trinajstić information content (AvgIpc) is 2.70. The summed E-state index contributed by atoms with van der Waals surface area (Å²) < 4.78 is 5.40. The first kappa shape index (κ1) is 22.3. The molecule has 1 aliphatic rings. The molecule has 4 N–H and O–H groups in total. The Morgan fingerprint density at radius 1 is 1.17 bits per heavy atom. The summed E-state index contributed by atoms with van der Waals surface area (Å²) in [5.41, 5.74) is 8.72. The quantitative estimate of drug-likeness (QED) is 0.641. The first-order valence-electron chi connectivity index (χ1n) is 10.8. The molecule has 0 radical (unpaired) electrons. The highest BCUT2D eigenvalue weighted by atomic mass is 16.6. The summed E-state index contributed by atoms with van der Waals surface area (Å²) in [6.07, 6.45) is 1.08. The fourth-order valence-electron chi connectivity index (χ4n) is 4.45. The molecule has 5 nitrogen and oxygen atoms in total. The number of hydrogen-bond acceptors (Lipinski definition) is 4. The van der Waals surface area contributed by atoms with Crippen LogP contribution in [0.1, 0.15) is 56.3 Å². The van der Waals surface area contributed by atoms with Gasteiger partial charge in [0.25, 0.3) is 0 Å². The predicted octanol–water partition coefficient (Wildman–Crippen LogP) is 4.14. The smallest absolute Gasteiger partial charge is 0.404 e. The molecule has 2 aromatic rings. The molecule has 3 rings (SSSR count). The van der Waals surface area contributed by atoms with Gasteiger partial charge in [0, 0.05) is 18.5 Å². The standard InChI is InChI=1S/C25H34N2O3/c1-25(2,3)23(27-20-15-9-13-18-12-7-8-14-19(18)20)22(28)21(30-24(26)29)16-17-10-5-4-6-11-17/h4-8,10-12,14,20-23,27-28H,9,13,15-16H2,1-3H3,(H2,26,29)/t20?,21-,22-,23?/m0/s1. The van der Waals surface area contributed by atoms with Crippen molar-refractivity contribution in [1.82, 2.24) is 5.32 Å². The highest BCUT2D eigenvalue weighted by Crippen LogP contribution is 2.34. The van der Waals surface area contributed by atoms with Crippen LogP contribution < -0.4 is 11.1 Å². The van der Waals surface area contributed by atoms with Gasteiger partial charge in [0.15, 0.2) is 0 Å². The third-order valence-electron chi connectivity index (χ3n) is 5.95. The third kappa shape index (κ3) is 5.61. The first-order chi connectivity index (χ1) is 14.3. The second kappa shape index (κ2) is 9.63. The zero-order valence-corrected chi connectivity index (χ0v) is 18.2. The molecular weight excluding hydrogens is 376 g/mol. The molecule has 162 valence electrons. The van der Waals surface area contributed by atoms with Gasteiger partial charge in [-0.25, -0.2) is 4.79 Å². The van der Waals surface area contributed by atoms with Gasteiger partial charge < -0.3 is 20.9 Å². The Kier molecular flexibility index (Phi) is 7.16. The van der Waals surface area contributed by atoms with Gasteiger partial charge in [0.2, 0.25) is 0 Å². The lowest BCUT2D eigenvalue weighted by atomic mass is 9.78. The SMILES string of the molecule is CC(C)(C)C(NC1CCCc2ccccc21)[C@@H](O)[C@H](Cc1ccccc1)OC(N)=O. The van der Waals surface area contributed by atoms with Crippen LogP contribution in [0.25, 0.3) is 0 Å². The summed E-state index contributed by atoms with van der Waals surface area (Å²) in [6.45, 7) is 6.27. The van der Waals surface area contributed by atoms with Crippen LogP contribution in [0.5, 0.6) is 0 Å². The Hall–Kier alpha value is -2.37. The number of carbonyl (C=O) groups excluding carboxylic acids is 1. The number of nitrogens with one attached hydrogen (secondary N) is 1. The summed E-state index contributed by atoms with van der Waals surface area (Å²) in [7, 11) is 0. The maximum absolute atomic E-state index is 11.6. The molecule has 4 atom stereocenters. The number of primary amides is 1. The van der Waals surface area contributed by atoms with Crippen LogP contribution in [0, 0.1) is 5.41 Å². The van der Waals surface area contributed by atoms with E-state index >= 15 is 0 Å². The second-order valence-corrected chi connectivity index (χ2v) is 9.31. The van der Waals surface area contributed by atoms with Gasteiger partial charge in [-0.15, -0.1) is 0 Å². The molecule has 0 fully saturated rings. The molecule has 0 spiro atoms. The lowest BCUT2D eigenvalue weighted by Crippen LogP contribution is -2.56. The number of nitrogens with two attached hydrogens (primary N) is 1. The van der Waals surface area contributed by atoms with Crippen LogP contribution in [0.3, 0.4) is 0 Å². The van der Waals surface area contributed by atoms with Crippen LogP contribution in [0.2, 0.25) is 0 Å². The number of amides is 1. The van der Waals surface area contributed by atoms with Gasteiger partial charge in [-0.05, 0) is 41.4 Å². The molecule has 5 heteroatoms. The number of hydrogen-bond donors (Lipinski definition) is 3. The number of benzene rings is 2. The summed E-state index contributed by atoms with van der Waals surface area (Å²) in [5, 5.41) is 15.1. The molecule has 0 saturated heterocycles. The molecule has 0 aliphatic heterocycles. The van der Waals surface area contributed by atoms with E-state index in [4.69, 9.17) is 10.5 Å². The fourth-order valence-corrected chi connectivity index (χ4v) is 4.45. The van der Waals surface area contributed by atoms with Gasteiger partial charge in [-0.3, -0.25) is 0 Å². The van der Waals surface area contributed by atoms with Gasteiger partial charge in [0.05, 0.1) is 0 Å². The predicted molar refractivity (Wildman–Crippen MR) is 119 cm³/mol. The fraction of sp³-hybridized carbons (Fsp3) is 0.480. The normalized spacial score (nSPS) is 19.4. The number of carbonyl (C=O) groups is 1. The van der Waals surface area contributed by atoms with Gasteiger partial charge in [0.1, 0.15) is 12.2 Å². The highest BCUT2D eigenvalue weighted by molar-refractivity contribution is 5.64. The van der Waals surface area contributed by atoms with Gasteiger partial charge >= 0.3 is 6.09 Å². The van der Waals surface area contributed by atoms with Crippen LogP contribution in [-0.4, -0.2) is 29.4 Å². The average molecular weight is 411 g/mol. The van der Waals surface area contributed by atoms with Crippen molar-refractivity contribution in [3.05, 3.63) is 71.3 Å². The lowest BCUT2D eigenvalue weighted by Gasteiger charge is -2.41. The van der Waals surface area contributed by atoms with E-state index in [1.807, 2.05) is 30.3 Å². The molecule has 1 amide bonds. The minimum Gasteiger partial charge on any atom is -0.443 e. The van der Waals surface area contributed by atoms with Crippen molar-refractivity contribution in [2.24, 2.45) is 11.1 Å². The number of aliphatic hydroxyl groups excluding tert-OH is 1. The Bertz CT molecular complexity index is 832. The van der Waals surface area contributed by atoms with E-state index in [0.29, 0.717) is 6.42 Å². The van der Waals surface area contributed by atoms with Crippen molar-refractivity contribution in [2.45, 2.75) is 70.7 Å². The number of aryl methyl sites for hydroxylation is 1. The van der Waals surface area contributed by atoms with Crippen LogP contribution in [0.4, 0.5) is 4.79 Å². The van der Waals surface area contributed by atoms with Crippen molar-refractivity contribution in [3.63, 3.8) is 0 Å².